The number of carbonyl (C=O) groups excluding carboxylic acids is 2. The Bertz CT molecular complexity index is 926. The highest BCUT2D eigenvalue weighted by atomic mass is 19.1. The maximum absolute atomic E-state index is 14.9. The summed E-state index contributed by atoms with van der Waals surface area (Å²) in [6, 6.07) is 12.7. The number of nitrogens with zero attached hydrogens (tertiary/aromatic N) is 2. The molecule has 4 rings (SSSR count). The molecule has 7 heteroatoms. The van der Waals surface area contributed by atoms with Gasteiger partial charge in [0.2, 0.25) is 5.91 Å². The zero-order valence-corrected chi connectivity index (χ0v) is 17.1. The van der Waals surface area contributed by atoms with Gasteiger partial charge in [-0.1, -0.05) is 24.3 Å². The number of rotatable bonds is 6. The lowest BCUT2D eigenvalue weighted by Crippen LogP contribution is -2.33. The van der Waals surface area contributed by atoms with Crippen LogP contribution >= 0.6 is 0 Å². The summed E-state index contributed by atoms with van der Waals surface area (Å²) in [6.07, 6.45) is 1.53. The number of cyclic esters (lactones) is 1. The lowest BCUT2D eigenvalue weighted by molar-refractivity contribution is -0.119. The molecule has 2 saturated heterocycles. The molecule has 2 amide bonds. The molecule has 0 saturated carbocycles. The van der Waals surface area contributed by atoms with Gasteiger partial charge in [-0.05, 0) is 55.3 Å². The molecule has 0 spiro atoms. The van der Waals surface area contributed by atoms with Gasteiger partial charge in [-0.2, -0.15) is 0 Å². The second-order valence-corrected chi connectivity index (χ2v) is 7.90. The molecular formula is C23H26FN3O3. The van der Waals surface area contributed by atoms with Gasteiger partial charge in [0.25, 0.3) is 0 Å². The van der Waals surface area contributed by atoms with Crippen LogP contribution in [0.2, 0.25) is 0 Å². The van der Waals surface area contributed by atoms with E-state index in [-0.39, 0.29) is 19.0 Å². The Balaban J connectivity index is 1.44. The first kappa shape index (κ1) is 20.3. The van der Waals surface area contributed by atoms with E-state index in [1.54, 1.807) is 12.1 Å². The van der Waals surface area contributed by atoms with E-state index in [4.69, 9.17) is 4.74 Å². The van der Waals surface area contributed by atoms with Crippen molar-refractivity contribution in [2.24, 2.45) is 0 Å². The van der Waals surface area contributed by atoms with Gasteiger partial charge in [0.1, 0.15) is 11.9 Å². The Labute approximate surface area is 175 Å². The average Bonchev–Trinajstić information content (AvgIpc) is 3.36. The number of benzene rings is 2. The predicted octanol–water partition coefficient (Wildman–Crippen LogP) is 3.55. The fraction of sp³-hybridized carbons (Fsp3) is 0.391. The average molecular weight is 411 g/mol. The first-order valence-corrected chi connectivity index (χ1v) is 10.3. The molecule has 2 heterocycles. The Morgan fingerprint density at radius 2 is 1.90 bits per heavy atom. The minimum Gasteiger partial charge on any atom is -0.442 e. The van der Waals surface area contributed by atoms with Crippen molar-refractivity contribution in [2.75, 3.05) is 31.1 Å². The van der Waals surface area contributed by atoms with E-state index in [0.29, 0.717) is 11.3 Å². The van der Waals surface area contributed by atoms with Crippen molar-refractivity contribution in [2.45, 2.75) is 32.4 Å². The van der Waals surface area contributed by atoms with Crippen molar-refractivity contribution < 1.29 is 18.7 Å². The van der Waals surface area contributed by atoms with Crippen molar-refractivity contribution >= 4 is 17.7 Å². The molecule has 0 bridgehead atoms. The number of hydrogen-bond donors (Lipinski definition) is 1. The summed E-state index contributed by atoms with van der Waals surface area (Å²) < 4.78 is 20.1. The van der Waals surface area contributed by atoms with E-state index in [9.17, 15) is 14.0 Å². The van der Waals surface area contributed by atoms with Crippen molar-refractivity contribution in [1.82, 2.24) is 10.2 Å². The molecule has 2 aromatic rings. The fourth-order valence-corrected chi connectivity index (χ4v) is 3.99. The molecule has 0 aliphatic carbocycles. The Morgan fingerprint density at radius 1 is 1.17 bits per heavy atom. The van der Waals surface area contributed by atoms with Crippen LogP contribution in [-0.2, 0) is 16.1 Å². The van der Waals surface area contributed by atoms with E-state index in [0.717, 1.165) is 25.2 Å². The van der Waals surface area contributed by atoms with Gasteiger partial charge in [-0.15, -0.1) is 0 Å². The molecule has 0 radical (unpaired) electrons. The summed E-state index contributed by atoms with van der Waals surface area (Å²) in [4.78, 5) is 27.0. The highest BCUT2D eigenvalue weighted by Gasteiger charge is 2.32. The first-order valence-electron chi connectivity index (χ1n) is 10.3. The Kier molecular flexibility index (Phi) is 5.99. The van der Waals surface area contributed by atoms with Crippen LogP contribution in [0, 0.1) is 5.82 Å². The fourth-order valence-electron chi connectivity index (χ4n) is 3.99. The minimum absolute atomic E-state index is 0.189. The third-order valence-electron chi connectivity index (χ3n) is 5.59. The van der Waals surface area contributed by atoms with Gasteiger partial charge < -0.3 is 10.1 Å². The van der Waals surface area contributed by atoms with Gasteiger partial charge in [-0.25, -0.2) is 9.18 Å². The van der Waals surface area contributed by atoms with E-state index < -0.39 is 18.0 Å². The molecule has 2 aliphatic heterocycles. The van der Waals surface area contributed by atoms with Crippen LogP contribution in [0.25, 0.3) is 11.1 Å². The zero-order chi connectivity index (χ0) is 21.1. The molecule has 2 aromatic carbocycles. The van der Waals surface area contributed by atoms with Crippen LogP contribution in [0.4, 0.5) is 14.9 Å². The van der Waals surface area contributed by atoms with Crippen LogP contribution in [0.1, 0.15) is 25.3 Å². The monoisotopic (exact) mass is 411 g/mol. The van der Waals surface area contributed by atoms with Gasteiger partial charge >= 0.3 is 6.09 Å². The SMILES string of the molecule is CC(=O)NCC1CN(c2ccc(-c3ccc(CN4CCCC4)cc3)c(F)c2)C(=O)O1. The maximum Gasteiger partial charge on any atom is 0.414 e. The van der Waals surface area contributed by atoms with Crippen molar-refractivity contribution in [3.8, 4) is 11.1 Å². The third kappa shape index (κ3) is 4.62. The molecule has 30 heavy (non-hydrogen) atoms. The second kappa shape index (κ2) is 8.83. The summed E-state index contributed by atoms with van der Waals surface area (Å²) in [6.45, 7) is 5.12. The highest BCUT2D eigenvalue weighted by Crippen LogP contribution is 2.29. The smallest absolute Gasteiger partial charge is 0.414 e. The summed E-state index contributed by atoms with van der Waals surface area (Å²) in [5.74, 6) is -0.579. The van der Waals surface area contributed by atoms with E-state index in [1.807, 2.05) is 24.3 Å². The molecule has 0 aromatic heterocycles. The predicted molar refractivity (Wildman–Crippen MR) is 113 cm³/mol. The largest absolute Gasteiger partial charge is 0.442 e. The quantitative estimate of drug-likeness (QED) is 0.790. The number of likely N-dealkylation sites (tertiary alicyclic amines) is 1. The number of nitrogens with one attached hydrogen (secondary N) is 1. The zero-order valence-electron chi connectivity index (χ0n) is 17.1. The molecule has 2 aliphatic rings. The minimum atomic E-state index is -0.538. The van der Waals surface area contributed by atoms with Gasteiger partial charge in [0.05, 0.1) is 18.8 Å². The van der Waals surface area contributed by atoms with E-state index in [1.165, 1.54) is 36.3 Å². The van der Waals surface area contributed by atoms with Crippen molar-refractivity contribution in [3.05, 3.63) is 53.8 Å². The van der Waals surface area contributed by atoms with Crippen molar-refractivity contribution in [3.63, 3.8) is 0 Å². The molecule has 1 unspecified atom stereocenters. The van der Waals surface area contributed by atoms with Crippen LogP contribution < -0.4 is 10.2 Å². The lowest BCUT2D eigenvalue weighted by Gasteiger charge is -2.16. The van der Waals surface area contributed by atoms with Gasteiger partial charge in [0.15, 0.2) is 0 Å². The topological polar surface area (TPSA) is 61.9 Å². The summed E-state index contributed by atoms with van der Waals surface area (Å²) in [7, 11) is 0. The van der Waals surface area contributed by atoms with Crippen LogP contribution in [0.5, 0.6) is 0 Å². The number of amides is 2. The third-order valence-corrected chi connectivity index (χ3v) is 5.59. The maximum atomic E-state index is 14.9. The van der Waals surface area contributed by atoms with Crippen LogP contribution in [-0.4, -0.2) is 49.2 Å². The molecule has 1 N–H and O–H groups in total. The molecular weight excluding hydrogens is 385 g/mol. The summed E-state index contributed by atoms with van der Waals surface area (Å²) in [5.41, 5.74) is 2.96. The van der Waals surface area contributed by atoms with Crippen LogP contribution in [0.15, 0.2) is 42.5 Å². The van der Waals surface area contributed by atoms with Crippen molar-refractivity contribution in [1.29, 1.82) is 0 Å². The van der Waals surface area contributed by atoms with E-state index in [2.05, 4.69) is 10.2 Å². The number of hydrogen-bond acceptors (Lipinski definition) is 4. The van der Waals surface area contributed by atoms with Crippen LogP contribution in [0.3, 0.4) is 0 Å². The van der Waals surface area contributed by atoms with Gasteiger partial charge in [-0.3, -0.25) is 14.6 Å². The van der Waals surface area contributed by atoms with Gasteiger partial charge in [0, 0.05) is 19.0 Å². The first-order chi connectivity index (χ1) is 14.5. The Hall–Kier alpha value is -2.93. The molecule has 1 atom stereocenters. The summed E-state index contributed by atoms with van der Waals surface area (Å²) >= 11 is 0. The number of ether oxygens (including phenoxy) is 1. The summed E-state index contributed by atoms with van der Waals surface area (Å²) in [5, 5.41) is 2.63. The standard InChI is InChI=1S/C23H26FN3O3/c1-16(28)25-13-20-15-27(23(29)30-20)19-8-9-21(22(24)12-19)18-6-4-17(5-7-18)14-26-10-2-3-11-26/h4-9,12,20H,2-3,10-11,13-15H2,1H3,(H,25,28). The molecule has 6 nitrogen and oxygen atoms in total. The number of anilines is 1. The Morgan fingerprint density at radius 3 is 2.57 bits per heavy atom. The number of carbonyl (C=O) groups is 2. The normalized spacial score (nSPS) is 19.2. The highest BCUT2D eigenvalue weighted by molar-refractivity contribution is 5.90. The molecule has 158 valence electrons. The molecule has 2 fully saturated rings. The lowest BCUT2D eigenvalue weighted by atomic mass is 10.0. The number of halogens is 1. The van der Waals surface area contributed by atoms with E-state index >= 15 is 0 Å². The second-order valence-electron chi connectivity index (χ2n) is 7.90.